The molecule has 2 aromatic carbocycles. The summed E-state index contributed by atoms with van der Waals surface area (Å²) in [5.41, 5.74) is 1.36. The molecule has 0 saturated carbocycles. The van der Waals surface area contributed by atoms with Gasteiger partial charge in [-0.25, -0.2) is 0 Å². The lowest BCUT2D eigenvalue weighted by atomic mass is 10.1. The number of fused-ring (bicyclic) bond motifs is 3. The smallest absolute Gasteiger partial charge is 0.270 e. The largest absolute Gasteiger partial charge is 0.372 e. The zero-order chi connectivity index (χ0) is 16.0. The van der Waals surface area contributed by atoms with Gasteiger partial charge in [-0.3, -0.25) is 4.79 Å². The van der Waals surface area contributed by atoms with Crippen molar-refractivity contribution in [3.63, 3.8) is 0 Å². The van der Waals surface area contributed by atoms with Gasteiger partial charge in [0.2, 0.25) is 0 Å². The van der Waals surface area contributed by atoms with Crippen LogP contribution >= 0.6 is 0 Å². The van der Waals surface area contributed by atoms with E-state index in [1.165, 1.54) is 10.8 Å². The Morgan fingerprint density at radius 2 is 2.00 bits per heavy atom. The van der Waals surface area contributed by atoms with E-state index < -0.39 is 0 Å². The van der Waals surface area contributed by atoms with E-state index in [9.17, 15) is 4.79 Å². The number of nitrogens with one attached hydrogen (secondary N) is 1. The molecule has 2 heterocycles. The fraction of sp³-hybridized carbons (Fsp3) is 0.316. The number of hydrogen-bond donors (Lipinski definition) is 1. The molecule has 4 nitrogen and oxygen atoms in total. The summed E-state index contributed by atoms with van der Waals surface area (Å²) in [4.78, 5) is 18.0. The topological polar surface area (TPSA) is 45.3 Å². The van der Waals surface area contributed by atoms with Crippen LogP contribution in [0.1, 0.15) is 24.3 Å². The Labute approximate surface area is 135 Å². The number of H-pyrrole nitrogens is 1. The maximum Gasteiger partial charge on any atom is 0.270 e. The number of hydrogen-bond acceptors (Lipinski definition) is 2. The lowest BCUT2D eigenvalue weighted by molar-refractivity contribution is -0.0764. The molecule has 4 heteroatoms. The van der Waals surface area contributed by atoms with Gasteiger partial charge in [0.05, 0.1) is 12.2 Å². The minimum atomic E-state index is -0.285. The number of aromatic amines is 1. The number of carbonyl (C=O) groups is 1. The highest BCUT2D eigenvalue weighted by molar-refractivity contribution is 6.09. The summed E-state index contributed by atoms with van der Waals surface area (Å²) in [5.74, 6) is 0.0432. The zero-order valence-electron chi connectivity index (χ0n) is 13.4. The number of benzene rings is 2. The summed E-state index contributed by atoms with van der Waals surface area (Å²) in [6.07, 6.45) is 0. The Bertz CT molecular complexity index is 895. The van der Waals surface area contributed by atoms with Gasteiger partial charge in [-0.15, -0.1) is 0 Å². The Balaban J connectivity index is 1.74. The molecule has 1 N–H and O–H groups in total. The summed E-state index contributed by atoms with van der Waals surface area (Å²) in [6.45, 7) is 5.87. The number of rotatable bonds is 1. The summed E-state index contributed by atoms with van der Waals surface area (Å²) in [7, 11) is 0. The van der Waals surface area contributed by atoms with Crippen molar-refractivity contribution in [3.05, 3.63) is 48.2 Å². The SMILES string of the molecule is CC1(C)CN(C(=O)c2cc3c(ccc4ccccc43)[nH]2)CCO1. The molecule has 118 valence electrons. The Hall–Kier alpha value is -2.33. The van der Waals surface area contributed by atoms with E-state index in [4.69, 9.17) is 4.74 Å². The second-order valence-electron chi connectivity index (χ2n) is 6.77. The third-order valence-electron chi connectivity index (χ3n) is 4.47. The predicted molar refractivity (Wildman–Crippen MR) is 91.7 cm³/mol. The number of carbonyl (C=O) groups excluding carboxylic acids is 1. The van der Waals surface area contributed by atoms with Crippen LogP contribution in [0.5, 0.6) is 0 Å². The van der Waals surface area contributed by atoms with Crippen LogP contribution in [0.3, 0.4) is 0 Å². The molecule has 1 aliphatic rings. The first kappa shape index (κ1) is 14.3. The second-order valence-corrected chi connectivity index (χ2v) is 6.77. The Morgan fingerprint density at radius 3 is 2.83 bits per heavy atom. The van der Waals surface area contributed by atoms with Gasteiger partial charge >= 0.3 is 0 Å². The number of nitrogens with zero attached hydrogens (tertiary/aromatic N) is 1. The van der Waals surface area contributed by atoms with E-state index in [0.29, 0.717) is 25.4 Å². The van der Waals surface area contributed by atoms with Gasteiger partial charge in [0.1, 0.15) is 5.69 Å². The van der Waals surface area contributed by atoms with Crippen LogP contribution in [0.25, 0.3) is 21.7 Å². The highest BCUT2D eigenvalue weighted by Gasteiger charge is 2.31. The van der Waals surface area contributed by atoms with Gasteiger partial charge in [0.15, 0.2) is 0 Å². The van der Waals surface area contributed by atoms with Gasteiger partial charge in [-0.2, -0.15) is 0 Å². The van der Waals surface area contributed by atoms with Crippen molar-refractivity contribution in [2.45, 2.75) is 19.4 Å². The van der Waals surface area contributed by atoms with Crippen LogP contribution in [0.2, 0.25) is 0 Å². The molecule has 1 fully saturated rings. The van der Waals surface area contributed by atoms with Crippen molar-refractivity contribution < 1.29 is 9.53 Å². The molecule has 0 aliphatic carbocycles. The van der Waals surface area contributed by atoms with E-state index in [1.807, 2.05) is 43.0 Å². The number of morpholine rings is 1. The summed E-state index contributed by atoms with van der Waals surface area (Å²) >= 11 is 0. The van der Waals surface area contributed by atoms with Crippen molar-refractivity contribution >= 4 is 27.6 Å². The molecular formula is C19H20N2O2. The third kappa shape index (κ3) is 2.49. The molecule has 0 radical (unpaired) electrons. The highest BCUT2D eigenvalue weighted by atomic mass is 16.5. The van der Waals surface area contributed by atoms with Crippen molar-refractivity contribution in [1.29, 1.82) is 0 Å². The van der Waals surface area contributed by atoms with E-state index in [0.717, 1.165) is 10.9 Å². The third-order valence-corrected chi connectivity index (χ3v) is 4.47. The molecule has 1 saturated heterocycles. The van der Waals surface area contributed by atoms with E-state index in [2.05, 4.69) is 23.2 Å². The van der Waals surface area contributed by atoms with Crippen LogP contribution < -0.4 is 0 Å². The molecule has 0 unspecified atom stereocenters. The normalized spacial score (nSPS) is 17.7. The minimum Gasteiger partial charge on any atom is -0.372 e. The van der Waals surface area contributed by atoms with Gasteiger partial charge in [-0.05, 0) is 36.8 Å². The van der Waals surface area contributed by atoms with Gasteiger partial charge in [0, 0.05) is 24.0 Å². The first-order chi connectivity index (χ1) is 11.0. The highest BCUT2D eigenvalue weighted by Crippen LogP contribution is 2.27. The summed E-state index contributed by atoms with van der Waals surface area (Å²) in [5, 5.41) is 3.45. The van der Waals surface area contributed by atoms with Crippen LogP contribution in [0.15, 0.2) is 42.5 Å². The molecule has 3 aromatic rings. The average Bonchev–Trinajstić information content (AvgIpc) is 2.98. The van der Waals surface area contributed by atoms with Gasteiger partial charge in [-0.1, -0.05) is 30.3 Å². The molecule has 23 heavy (non-hydrogen) atoms. The van der Waals surface area contributed by atoms with Crippen molar-refractivity contribution in [2.24, 2.45) is 0 Å². The molecule has 0 spiro atoms. The monoisotopic (exact) mass is 308 g/mol. The molecule has 1 amide bonds. The van der Waals surface area contributed by atoms with E-state index >= 15 is 0 Å². The van der Waals surface area contributed by atoms with Crippen molar-refractivity contribution in [2.75, 3.05) is 19.7 Å². The molecular weight excluding hydrogens is 288 g/mol. The molecule has 1 aromatic heterocycles. The maximum absolute atomic E-state index is 12.8. The lowest BCUT2D eigenvalue weighted by Gasteiger charge is -2.37. The van der Waals surface area contributed by atoms with Gasteiger partial charge in [0.25, 0.3) is 5.91 Å². The lowest BCUT2D eigenvalue weighted by Crippen LogP contribution is -2.50. The van der Waals surface area contributed by atoms with Crippen LogP contribution in [0.4, 0.5) is 0 Å². The summed E-state index contributed by atoms with van der Waals surface area (Å²) in [6, 6.07) is 14.3. The molecule has 1 aliphatic heterocycles. The quantitative estimate of drug-likeness (QED) is 0.747. The fourth-order valence-corrected chi connectivity index (χ4v) is 3.36. The average molecular weight is 308 g/mol. The van der Waals surface area contributed by atoms with E-state index in [-0.39, 0.29) is 11.5 Å². The summed E-state index contributed by atoms with van der Waals surface area (Å²) < 4.78 is 5.69. The second kappa shape index (κ2) is 5.10. The molecule has 4 rings (SSSR count). The number of aromatic nitrogens is 1. The van der Waals surface area contributed by atoms with Crippen LogP contribution in [-0.2, 0) is 4.74 Å². The number of ether oxygens (including phenoxy) is 1. The zero-order valence-corrected chi connectivity index (χ0v) is 13.4. The number of amides is 1. The minimum absolute atomic E-state index is 0.0432. The van der Waals surface area contributed by atoms with E-state index in [1.54, 1.807) is 0 Å². The Kier molecular flexibility index (Phi) is 3.16. The first-order valence-electron chi connectivity index (χ1n) is 7.97. The fourth-order valence-electron chi connectivity index (χ4n) is 3.36. The van der Waals surface area contributed by atoms with Crippen molar-refractivity contribution in [3.8, 4) is 0 Å². The van der Waals surface area contributed by atoms with Crippen molar-refractivity contribution in [1.82, 2.24) is 9.88 Å². The van der Waals surface area contributed by atoms with Gasteiger partial charge < -0.3 is 14.6 Å². The Morgan fingerprint density at radius 1 is 1.17 bits per heavy atom. The first-order valence-corrected chi connectivity index (χ1v) is 7.97. The molecule has 0 atom stereocenters. The predicted octanol–water partition coefficient (Wildman–Crippen LogP) is 3.57. The standard InChI is InChI=1S/C19H20N2O2/c1-19(2)12-21(9-10-23-19)18(22)17-11-15-14-6-4-3-5-13(14)7-8-16(15)20-17/h3-8,11,20H,9-10,12H2,1-2H3. The molecule has 0 bridgehead atoms. The maximum atomic E-state index is 12.8. The van der Waals surface area contributed by atoms with Crippen LogP contribution in [0, 0.1) is 0 Å². The van der Waals surface area contributed by atoms with Crippen LogP contribution in [-0.4, -0.2) is 41.1 Å².